The van der Waals surface area contributed by atoms with Gasteiger partial charge in [-0.25, -0.2) is 4.79 Å². The highest BCUT2D eigenvalue weighted by molar-refractivity contribution is 5.81. The third-order valence-corrected chi connectivity index (χ3v) is 3.73. The molecule has 1 aromatic heterocycles. The van der Waals surface area contributed by atoms with E-state index in [4.69, 9.17) is 0 Å². The molecule has 2 rings (SSSR count). The second-order valence-electron chi connectivity index (χ2n) is 5.55. The van der Waals surface area contributed by atoms with Gasteiger partial charge in [0.2, 0.25) is 5.91 Å². The van der Waals surface area contributed by atoms with Crippen LogP contribution in [0.15, 0.2) is 33.9 Å². The molecule has 1 amide bonds. The predicted molar refractivity (Wildman–Crippen MR) is 90.7 cm³/mol. The molecule has 2 aromatic rings. The standard InChI is InChI=1S/C17H23N3O3/c1-3-5-10-18-15(21)12-20-14-9-7-6-8-13(14)16(22)19(11-4-2)17(20)23/h6-9H,3-5,10-12H2,1-2H3,(H,18,21). The molecule has 6 nitrogen and oxygen atoms in total. The zero-order chi connectivity index (χ0) is 16.8. The minimum absolute atomic E-state index is 0.0763. The van der Waals surface area contributed by atoms with E-state index in [0.29, 0.717) is 30.4 Å². The monoisotopic (exact) mass is 317 g/mol. The maximum atomic E-state index is 12.6. The van der Waals surface area contributed by atoms with Crippen LogP contribution in [0, 0.1) is 0 Å². The molecule has 0 spiro atoms. The Morgan fingerprint density at radius 1 is 1.09 bits per heavy atom. The predicted octanol–water partition coefficient (Wildman–Crippen LogP) is 1.49. The first-order valence-corrected chi connectivity index (χ1v) is 8.09. The summed E-state index contributed by atoms with van der Waals surface area (Å²) in [5, 5.41) is 3.26. The van der Waals surface area contributed by atoms with E-state index in [0.717, 1.165) is 12.8 Å². The second kappa shape index (κ2) is 7.76. The lowest BCUT2D eigenvalue weighted by molar-refractivity contribution is -0.121. The highest BCUT2D eigenvalue weighted by atomic mass is 16.2. The number of unbranched alkanes of at least 4 members (excludes halogenated alkanes) is 1. The van der Waals surface area contributed by atoms with Crippen LogP contribution in [0.3, 0.4) is 0 Å². The molecule has 0 saturated carbocycles. The molecule has 0 fully saturated rings. The maximum Gasteiger partial charge on any atom is 0.331 e. The Morgan fingerprint density at radius 2 is 1.83 bits per heavy atom. The van der Waals surface area contributed by atoms with E-state index in [-0.39, 0.29) is 18.0 Å². The Labute approximate surface area is 134 Å². The average Bonchev–Trinajstić information content (AvgIpc) is 2.56. The van der Waals surface area contributed by atoms with Crippen LogP contribution < -0.4 is 16.6 Å². The van der Waals surface area contributed by atoms with Gasteiger partial charge in [-0.2, -0.15) is 0 Å². The molecule has 1 aromatic carbocycles. The Kier molecular flexibility index (Phi) is 5.73. The van der Waals surface area contributed by atoms with Gasteiger partial charge in [-0.3, -0.25) is 18.7 Å². The minimum atomic E-state index is -0.429. The maximum absolute atomic E-state index is 12.6. The van der Waals surface area contributed by atoms with Crippen LogP contribution >= 0.6 is 0 Å². The fourth-order valence-electron chi connectivity index (χ4n) is 2.55. The average molecular weight is 317 g/mol. The van der Waals surface area contributed by atoms with Gasteiger partial charge in [0.25, 0.3) is 5.56 Å². The van der Waals surface area contributed by atoms with E-state index in [1.807, 2.05) is 13.8 Å². The summed E-state index contributed by atoms with van der Waals surface area (Å²) in [5.41, 5.74) is -0.225. The molecule has 0 atom stereocenters. The van der Waals surface area contributed by atoms with Gasteiger partial charge in [-0.15, -0.1) is 0 Å². The van der Waals surface area contributed by atoms with Crippen LogP contribution in [0.25, 0.3) is 10.9 Å². The Balaban J connectivity index is 2.47. The van der Waals surface area contributed by atoms with E-state index >= 15 is 0 Å². The number of carbonyl (C=O) groups excluding carboxylic acids is 1. The molecule has 0 unspecified atom stereocenters. The van der Waals surface area contributed by atoms with Crippen molar-refractivity contribution in [1.29, 1.82) is 0 Å². The summed E-state index contributed by atoms with van der Waals surface area (Å²) in [7, 11) is 0. The third-order valence-electron chi connectivity index (χ3n) is 3.73. The normalized spacial score (nSPS) is 10.9. The van der Waals surface area contributed by atoms with Crippen molar-refractivity contribution in [3.05, 3.63) is 45.1 Å². The summed E-state index contributed by atoms with van der Waals surface area (Å²) in [5.74, 6) is -0.215. The van der Waals surface area contributed by atoms with Crippen molar-refractivity contribution in [1.82, 2.24) is 14.5 Å². The van der Waals surface area contributed by atoms with E-state index in [1.54, 1.807) is 24.3 Å². The first-order valence-electron chi connectivity index (χ1n) is 8.09. The van der Waals surface area contributed by atoms with Crippen molar-refractivity contribution in [2.24, 2.45) is 0 Å². The number of hydrogen-bond acceptors (Lipinski definition) is 3. The first-order chi connectivity index (χ1) is 11.1. The fraction of sp³-hybridized carbons (Fsp3) is 0.471. The lowest BCUT2D eigenvalue weighted by atomic mass is 10.2. The third kappa shape index (κ3) is 3.70. The van der Waals surface area contributed by atoms with E-state index < -0.39 is 5.69 Å². The van der Waals surface area contributed by atoms with Gasteiger partial charge in [0.15, 0.2) is 0 Å². The molecule has 0 saturated heterocycles. The van der Waals surface area contributed by atoms with Crippen molar-refractivity contribution >= 4 is 16.8 Å². The molecule has 1 heterocycles. The topological polar surface area (TPSA) is 73.1 Å². The molecule has 124 valence electrons. The number of rotatable bonds is 7. The lowest BCUT2D eigenvalue weighted by Crippen LogP contribution is -2.42. The van der Waals surface area contributed by atoms with Gasteiger partial charge in [0.05, 0.1) is 10.9 Å². The summed E-state index contributed by atoms with van der Waals surface area (Å²) in [6, 6.07) is 6.91. The fourth-order valence-corrected chi connectivity index (χ4v) is 2.55. The summed E-state index contributed by atoms with van der Waals surface area (Å²) in [6.45, 7) is 4.82. The number of fused-ring (bicyclic) bond motifs is 1. The van der Waals surface area contributed by atoms with Crippen molar-refractivity contribution in [3.8, 4) is 0 Å². The molecule has 0 aliphatic rings. The highest BCUT2D eigenvalue weighted by Gasteiger charge is 2.14. The number of carbonyl (C=O) groups is 1. The highest BCUT2D eigenvalue weighted by Crippen LogP contribution is 2.07. The van der Waals surface area contributed by atoms with Gasteiger partial charge in [-0.05, 0) is 25.0 Å². The number of nitrogens with one attached hydrogen (secondary N) is 1. The van der Waals surface area contributed by atoms with Crippen LogP contribution in [0.5, 0.6) is 0 Å². The van der Waals surface area contributed by atoms with Crippen LogP contribution in [0.2, 0.25) is 0 Å². The first kappa shape index (κ1) is 17.0. The number of aromatic nitrogens is 2. The van der Waals surface area contributed by atoms with Crippen LogP contribution in [-0.2, 0) is 17.9 Å². The van der Waals surface area contributed by atoms with Crippen molar-refractivity contribution < 1.29 is 4.79 Å². The number of nitrogens with zero attached hydrogens (tertiary/aromatic N) is 2. The van der Waals surface area contributed by atoms with Crippen LogP contribution in [0.4, 0.5) is 0 Å². The van der Waals surface area contributed by atoms with E-state index in [2.05, 4.69) is 5.32 Å². The molecule has 0 aliphatic carbocycles. The van der Waals surface area contributed by atoms with E-state index in [1.165, 1.54) is 9.13 Å². The van der Waals surface area contributed by atoms with Crippen molar-refractivity contribution in [2.45, 2.75) is 46.2 Å². The quantitative estimate of drug-likeness (QED) is 0.786. The van der Waals surface area contributed by atoms with E-state index in [9.17, 15) is 14.4 Å². The zero-order valence-electron chi connectivity index (χ0n) is 13.7. The zero-order valence-corrected chi connectivity index (χ0v) is 13.7. The largest absolute Gasteiger partial charge is 0.355 e. The number of hydrogen-bond donors (Lipinski definition) is 1. The number of benzene rings is 1. The SMILES string of the molecule is CCCCNC(=O)Cn1c(=O)n(CCC)c(=O)c2ccccc21. The molecule has 23 heavy (non-hydrogen) atoms. The number of amides is 1. The van der Waals surface area contributed by atoms with Crippen molar-refractivity contribution in [2.75, 3.05) is 6.54 Å². The minimum Gasteiger partial charge on any atom is -0.355 e. The Hall–Kier alpha value is -2.37. The molecule has 1 N–H and O–H groups in total. The summed E-state index contributed by atoms with van der Waals surface area (Å²) in [6.07, 6.45) is 2.57. The smallest absolute Gasteiger partial charge is 0.331 e. The molecule has 0 aliphatic heterocycles. The van der Waals surface area contributed by atoms with Crippen LogP contribution in [-0.4, -0.2) is 21.6 Å². The Bertz CT molecular complexity index is 805. The molecule has 6 heteroatoms. The van der Waals surface area contributed by atoms with Gasteiger partial charge in [0, 0.05) is 13.1 Å². The molecular formula is C17H23N3O3. The molecule has 0 radical (unpaired) electrons. The lowest BCUT2D eigenvalue weighted by Gasteiger charge is -2.13. The van der Waals surface area contributed by atoms with Gasteiger partial charge in [0.1, 0.15) is 6.54 Å². The van der Waals surface area contributed by atoms with Crippen molar-refractivity contribution in [3.63, 3.8) is 0 Å². The molecular weight excluding hydrogens is 294 g/mol. The second-order valence-corrected chi connectivity index (χ2v) is 5.55. The Morgan fingerprint density at radius 3 is 2.52 bits per heavy atom. The number of para-hydroxylation sites is 1. The van der Waals surface area contributed by atoms with Gasteiger partial charge >= 0.3 is 5.69 Å². The van der Waals surface area contributed by atoms with Gasteiger partial charge < -0.3 is 5.32 Å². The summed E-state index contributed by atoms with van der Waals surface area (Å²) in [4.78, 5) is 37.1. The molecule has 0 bridgehead atoms. The van der Waals surface area contributed by atoms with Gasteiger partial charge in [-0.1, -0.05) is 32.4 Å². The summed E-state index contributed by atoms with van der Waals surface area (Å²) < 4.78 is 2.59. The summed E-state index contributed by atoms with van der Waals surface area (Å²) >= 11 is 0. The van der Waals surface area contributed by atoms with Crippen LogP contribution in [0.1, 0.15) is 33.1 Å².